The number of thiophene rings is 1. The molecule has 1 heterocycles. The van der Waals surface area contributed by atoms with E-state index in [2.05, 4.69) is 6.92 Å². The highest BCUT2D eigenvalue weighted by atomic mass is 32.1. The van der Waals surface area contributed by atoms with Gasteiger partial charge in [0.2, 0.25) is 0 Å². The Bertz CT molecular complexity index is 318. The van der Waals surface area contributed by atoms with Gasteiger partial charge in [0.15, 0.2) is 0 Å². The molecule has 2 nitrogen and oxygen atoms in total. The van der Waals surface area contributed by atoms with Gasteiger partial charge in [-0.05, 0) is 23.8 Å². The van der Waals surface area contributed by atoms with Crippen molar-refractivity contribution in [1.82, 2.24) is 0 Å². The van der Waals surface area contributed by atoms with Gasteiger partial charge in [-0.15, -0.1) is 11.3 Å². The van der Waals surface area contributed by atoms with Gasteiger partial charge >= 0.3 is 5.97 Å². The minimum Gasteiger partial charge on any atom is -0.468 e. The average molecular weight is 196 g/mol. The summed E-state index contributed by atoms with van der Waals surface area (Å²) in [6.07, 6.45) is 0.931. The predicted molar refractivity (Wildman–Crippen MR) is 51.8 cm³/mol. The van der Waals surface area contributed by atoms with Crippen LogP contribution >= 0.6 is 11.3 Å². The van der Waals surface area contributed by atoms with Crippen molar-refractivity contribution >= 4 is 17.3 Å². The quantitative estimate of drug-likeness (QED) is 0.678. The number of carbonyl (C=O) groups excluding carboxylic acids is 1. The molecule has 0 amide bonds. The average Bonchev–Trinajstić information content (AvgIpc) is 2.63. The zero-order chi connectivity index (χ0) is 9.47. The first kappa shape index (κ1) is 8.75. The molecule has 2 unspecified atom stereocenters. The van der Waals surface area contributed by atoms with Crippen LogP contribution in [0.3, 0.4) is 0 Å². The van der Waals surface area contributed by atoms with E-state index in [-0.39, 0.29) is 11.4 Å². The lowest BCUT2D eigenvalue weighted by atomic mass is 10.0. The Kier molecular flexibility index (Phi) is 1.91. The van der Waals surface area contributed by atoms with E-state index in [1.54, 1.807) is 11.3 Å². The van der Waals surface area contributed by atoms with Gasteiger partial charge in [0.1, 0.15) is 5.41 Å². The summed E-state index contributed by atoms with van der Waals surface area (Å²) in [5, 5.41) is 2.01. The Labute approximate surface area is 81.5 Å². The molecule has 0 radical (unpaired) electrons. The minimum absolute atomic E-state index is 0.0811. The van der Waals surface area contributed by atoms with E-state index < -0.39 is 0 Å². The molecule has 0 aliphatic heterocycles. The van der Waals surface area contributed by atoms with Crippen LogP contribution in [0.25, 0.3) is 0 Å². The smallest absolute Gasteiger partial charge is 0.317 e. The van der Waals surface area contributed by atoms with E-state index in [0.29, 0.717) is 5.92 Å². The lowest BCUT2D eigenvalue weighted by Gasteiger charge is -2.11. The van der Waals surface area contributed by atoms with Crippen LogP contribution in [-0.4, -0.2) is 13.1 Å². The maximum Gasteiger partial charge on any atom is 0.317 e. The van der Waals surface area contributed by atoms with Crippen LogP contribution in [0.1, 0.15) is 18.2 Å². The highest BCUT2D eigenvalue weighted by Crippen LogP contribution is 2.56. The Morgan fingerprint density at radius 3 is 2.85 bits per heavy atom. The summed E-state index contributed by atoms with van der Waals surface area (Å²) in [5.41, 5.74) is -0.303. The number of hydrogen-bond acceptors (Lipinski definition) is 3. The van der Waals surface area contributed by atoms with Crippen molar-refractivity contribution in [2.45, 2.75) is 18.8 Å². The van der Waals surface area contributed by atoms with Gasteiger partial charge in [0.25, 0.3) is 0 Å². The fourth-order valence-corrected chi connectivity index (χ4v) is 2.91. The van der Waals surface area contributed by atoms with Gasteiger partial charge in [-0.3, -0.25) is 4.79 Å². The van der Waals surface area contributed by atoms with Crippen LogP contribution in [0, 0.1) is 5.92 Å². The molecule has 13 heavy (non-hydrogen) atoms. The minimum atomic E-state index is -0.303. The molecule has 3 heteroatoms. The van der Waals surface area contributed by atoms with Gasteiger partial charge in [-0.2, -0.15) is 0 Å². The van der Waals surface area contributed by atoms with E-state index in [1.807, 2.05) is 17.5 Å². The summed E-state index contributed by atoms with van der Waals surface area (Å²) in [5.74, 6) is 0.348. The monoisotopic (exact) mass is 196 g/mol. The maximum absolute atomic E-state index is 11.6. The highest BCUT2D eigenvalue weighted by molar-refractivity contribution is 7.10. The Hall–Kier alpha value is -0.830. The lowest BCUT2D eigenvalue weighted by molar-refractivity contribution is -0.144. The van der Waals surface area contributed by atoms with E-state index in [4.69, 9.17) is 4.74 Å². The molecular formula is C10H12O2S. The van der Waals surface area contributed by atoms with Crippen LogP contribution in [0.15, 0.2) is 17.5 Å². The first-order valence-electron chi connectivity index (χ1n) is 4.34. The van der Waals surface area contributed by atoms with Gasteiger partial charge in [0, 0.05) is 4.88 Å². The number of methoxy groups -OCH3 is 1. The molecule has 1 saturated carbocycles. The molecule has 1 aromatic heterocycles. The fourth-order valence-electron chi connectivity index (χ4n) is 1.87. The second-order valence-electron chi connectivity index (χ2n) is 3.55. The van der Waals surface area contributed by atoms with Gasteiger partial charge in [-0.1, -0.05) is 13.0 Å². The second kappa shape index (κ2) is 2.84. The number of rotatable bonds is 2. The second-order valence-corrected chi connectivity index (χ2v) is 4.49. The van der Waals surface area contributed by atoms with E-state index in [9.17, 15) is 4.79 Å². The predicted octanol–water partition coefficient (Wildman–Crippen LogP) is 2.20. The first-order valence-corrected chi connectivity index (χ1v) is 5.22. The number of hydrogen-bond donors (Lipinski definition) is 0. The van der Waals surface area contributed by atoms with Crippen LogP contribution in [0.2, 0.25) is 0 Å². The Morgan fingerprint density at radius 2 is 2.46 bits per heavy atom. The van der Waals surface area contributed by atoms with Crippen LogP contribution in [0.5, 0.6) is 0 Å². The Balaban J connectivity index is 2.33. The van der Waals surface area contributed by atoms with Crippen molar-refractivity contribution in [3.8, 4) is 0 Å². The van der Waals surface area contributed by atoms with Crippen molar-refractivity contribution in [3.05, 3.63) is 22.4 Å². The highest BCUT2D eigenvalue weighted by Gasteiger charge is 2.60. The standard InChI is InChI=1S/C10H12O2S/c1-7-6-10(7,9(11)12-2)8-4-3-5-13-8/h3-5,7H,6H2,1-2H3. The fraction of sp³-hybridized carbons (Fsp3) is 0.500. The number of ether oxygens (including phenoxy) is 1. The summed E-state index contributed by atoms with van der Waals surface area (Å²) in [6.45, 7) is 2.09. The van der Waals surface area contributed by atoms with E-state index >= 15 is 0 Å². The van der Waals surface area contributed by atoms with Crippen molar-refractivity contribution in [1.29, 1.82) is 0 Å². The molecule has 1 fully saturated rings. The molecule has 0 spiro atoms. The lowest BCUT2D eigenvalue weighted by Crippen LogP contribution is -2.22. The summed E-state index contributed by atoms with van der Waals surface area (Å²) in [6, 6.07) is 4.00. The molecule has 0 bridgehead atoms. The van der Waals surface area contributed by atoms with Crippen LogP contribution in [-0.2, 0) is 14.9 Å². The molecule has 0 N–H and O–H groups in total. The van der Waals surface area contributed by atoms with Crippen molar-refractivity contribution in [2.24, 2.45) is 5.92 Å². The van der Waals surface area contributed by atoms with Crippen molar-refractivity contribution < 1.29 is 9.53 Å². The summed E-state index contributed by atoms with van der Waals surface area (Å²) in [4.78, 5) is 12.7. The molecule has 1 aliphatic carbocycles. The third-order valence-corrected chi connectivity index (χ3v) is 3.87. The van der Waals surface area contributed by atoms with Crippen LogP contribution in [0.4, 0.5) is 0 Å². The zero-order valence-electron chi connectivity index (χ0n) is 7.74. The van der Waals surface area contributed by atoms with Gasteiger partial charge in [-0.25, -0.2) is 0 Å². The number of esters is 1. The molecular weight excluding hydrogens is 184 g/mol. The molecule has 0 saturated heterocycles. The molecule has 0 aromatic carbocycles. The van der Waals surface area contributed by atoms with Crippen LogP contribution < -0.4 is 0 Å². The maximum atomic E-state index is 11.6. The zero-order valence-corrected chi connectivity index (χ0v) is 8.56. The largest absolute Gasteiger partial charge is 0.468 e. The molecule has 2 rings (SSSR count). The van der Waals surface area contributed by atoms with E-state index in [0.717, 1.165) is 11.3 Å². The van der Waals surface area contributed by atoms with Crippen molar-refractivity contribution in [3.63, 3.8) is 0 Å². The molecule has 1 aliphatic rings. The third-order valence-electron chi connectivity index (χ3n) is 2.82. The van der Waals surface area contributed by atoms with Gasteiger partial charge in [0.05, 0.1) is 7.11 Å². The summed E-state index contributed by atoms with van der Waals surface area (Å²) < 4.78 is 4.84. The van der Waals surface area contributed by atoms with Gasteiger partial charge < -0.3 is 4.74 Å². The summed E-state index contributed by atoms with van der Waals surface area (Å²) >= 11 is 1.64. The summed E-state index contributed by atoms with van der Waals surface area (Å²) in [7, 11) is 1.46. The van der Waals surface area contributed by atoms with Crippen molar-refractivity contribution in [2.75, 3.05) is 7.11 Å². The molecule has 70 valence electrons. The Morgan fingerprint density at radius 1 is 1.77 bits per heavy atom. The SMILES string of the molecule is COC(=O)C1(c2cccs2)CC1C. The topological polar surface area (TPSA) is 26.3 Å². The third kappa shape index (κ3) is 1.10. The molecule has 2 atom stereocenters. The normalized spacial score (nSPS) is 31.4. The van der Waals surface area contributed by atoms with E-state index in [1.165, 1.54) is 7.11 Å². The number of carbonyl (C=O) groups is 1. The first-order chi connectivity index (χ1) is 6.21. The molecule has 1 aromatic rings.